The molecule has 0 aliphatic carbocycles. The molecule has 1 aromatic carbocycles. The third-order valence-corrected chi connectivity index (χ3v) is 5.12. The lowest BCUT2D eigenvalue weighted by Gasteiger charge is -2.40. The number of hydrogen-bond donors (Lipinski definition) is 1. The van der Waals surface area contributed by atoms with E-state index in [-0.39, 0.29) is 17.5 Å². The number of halogens is 1. The van der Waals surface area contributed by atoms with Crippen LogP contribution < -0.4 is 0 Å². The second-order valence-electron chi connectivity index (χ2n) is 5.82. The van der Waals surface area contributed by atoms with Crippen LogP contribution in [0.4, 0.5) is 4.39 Å². The van der Waals surface area contributed by atoms with Gasteiger partial charge in [0.25, 0.3) is 0 Å². The molecule has 2 heterocycles. The van der Waals surface area contributed by atoms with E-state index >= 15 is 0 Å². The van der Waals surface area contributed by atoms with Gasteiger partial charge in [0.15, 0.2) is 4.77 Å². The molecule has 2 aromatic rings. The fourth-order valence-electron chi connectivity index (χ4n) is 3.44. The van der Waals surface area contributed by atoms with E-state index in [0.717, 1.165) is 37.8 Å². The largest absolute Gasteiger partial charge is 0.375 e. The maximum atomic E-state index is 13.9. The van der Waals surface area contributed by atoms with Crippen LogP contribution in [0.5, 0.6) is 0 Å². The highest BCUT2D eigenvalue weighted by atomic mass is 32.1. The third kappa shape index (κ3) is 2.42. The average molecular weight is 308 g/mol. The summed E-state index contributed by atoms with van der Waals surface area (Å²) in [6.45, 7) is 5.07. The summed E-state index contributed by atoms with van der Waals surface area (Å²) in [4.78, 5) is 3.02. The van der Waals surface area contributed by atoms with Crippen LogP contribution in [-0.2, 0) is 4.74 Å². The zero-order chi connectivity index (χ0) is 15.0. The lowest BCUT2D eigenvalue weighted by molar-refractivity contribution is -0.0983. The van der Waals surface area contributed by atoms with Gasteiger partial charge in [0, 0.05) is 12.6 Å². The third-order valence-electron chi connectivity index (χ3n) is 4.82. The Morgan fingerprint density at radius 1 is 1.43 bits per heavy atom. The van der Waals surface area contributed by atoms with Crippen LogP contribution in [-0.4, -0.2) is 21.8 Å². The van der Waals surface area contributed by atoms with E-state index in [2.05, 4.69) is 23.4 Å². The highest BCUT2D eigenvalue weighted by molar-refractivity contribution is 7.71. The molecule has 1 saturated heterocycles. The number of aromatic amines is 1. The van der Waals surface area contributed by atoms with Crippen LogP contribution in [0.3, 0.4) is 0 Å². The maximum Gasteiger partial charge on any atom is 0.178 e. The molecule has 1 aliphatic rings. The van der Waals surface area contributed by atoms with Gasteiger partial charge in [-0.3, -0.25) is 0 Å². The Labute approximate surface area is 129 Å². The van der Waals surface area contributed by atoms with Gasteiger partial charge in [-0.1, -0.05) is 19.9 Å². The molecule has 1 N–H and O–H groups in total. The molecule has 3 nitrogen and oxygen atoms in total. The first-order chi connectivity index (χ1) is 10.1. The molecule has 21 heavy (non-hydrogen) atoms. The van der Waals surface area contributed by atoms with Gasteiger partial charge in [0.05, 0.1) is 11.1 Å². The van der Waals surface area contributed by atoms with Gasteiger partial charge in [-0.25, -0.2) is 4.39 Å². The molecule has 0 amide bonds. The van der Waals surface area contributed by atoms with Crippen molar-refractivity contribution in [3.63, 3.8) is 0 Å². The Morgan fingerprint density at radius 2 is 2.19 bits per heavy atom. The number of para-hydroxylation sites is 1. The second kappa shape index (κ2) is 5.54. The number of rotatable bonds is 3. The maximum absolute atomic E-state index is 13.9. The zero-order valence-corrected chi connectivity index (χ0v) is 13.3. The quantitative estimate of drug-likeness (QED) is 0.829. The summed E-state index contributed by atoms with van der Waals surface area (Å²) in [5.74, 6) is -0.248. The van der Waals surface area contributed by atoms with Crippen LogP contribution >= 0.6 is 12.2 Å². The van der Waals surface area contributed by atoms with Crippen molar-refractivity contribution in [3.05, 3.63) is 28.8 Å². The molecule has 1 aromatic heterocycles. The predicted molar refractivity (Wildman–Crippen MR) is 84.6 cm³/mol. The van der Waals surface area contributed by atoms with Crippen LogP contribution in [0.25, 0.3) is 11.0 Å². The highest BCUT2D eigenvalue weighted by Crippen LogP contribution is 2.38. The normalized spacial score (nSPS) is 21.8. The molecule has 0 radical (unpaired) electrons. The summed E-state index contributed by atoms with van der Waals surface area (Å²) in [6, 6.07) is 5.40. The summed E-state index contributed by atoms with van der Waals surface area (Å²) in [7, 11) is 0. The number of hydrogen-bond acceptors (Lipinski definition) is 2. The number of fused-ring (bicyclic) bond motifs is 1. The molecule has 1 unspecified atom stereocenters. The summed E-state index contributed by atoms with van der Waals surface area (Å²) >= 11 is 5.44. The molecule has 0 saturated carbocycles. The molecule has 1 atom stereocenters. The van der Waals surface area contributed by atoms with E-state index in [4.69, 9.17) is 17.0 Å². The van der Waals surface area contributed by atoms with Gasteiger partial charge in [0.2, 0.25) is 0 Å². The van der Waals surface area contributed by atoms with E-state index in [0.29, 0.717) is 10.3 Å². The van der Waals surface area contributed by atoms with Crippen LogP contribution in [0.1, 0.15) is 45.6 Å². The van der Waals surface area contributed by atoms with Crippen molar-refractivity contribution in [3.8, 4) is 0 Å². The van der Waals surface area contributed by atoms with E-state index < -0.39 is 0 Å². The predicted octanol–water partition coefficient (Wildman–Crippen LogP) is 4.75. The van der Waals surface area contributed by atoms with E-state index in [1.165, 1.54) is 6.07 Å². The first kappa shape index (κ1) is 14.7. The molecule has 3 rings (SSSR count). The van der Waals surface area contributed by atoms with Crippen molar-refractivity contribution in [2.45, 2.75) is 51.2 Å². The standard InChI is InChI=1S/C16H21FN2OS/c1-3-16(4-2)10-11(8-9-20-16)19-13-7-5-6-12(17)14(13)18-15(19)21/h5-7,11H,3-4,8-10H2,1-2H3,(H,18,21). The van der Waals surface area contributed by atoms with Crippen LogP contribution in [0.15, 0.2) is 18.2 Å². The molecular weight excluding hydrogens is 287 g/mol. The SMILES string of the molecule is CCC1(CC)CC(n2c(=S)[nH]c3c(F)cccc32)CCO1. The number of nitrogens with zero attached hydrogens (tertiary/aromatic N) is 1. The van der Waals surface area contributed by atoms with Crippen molar-refractivity contribution >= 4 is 23.3 Å². The lowest BCUT2D eigenvalue weighted by Crippen LogP contribution is -2.39. The summed E-state index contributed by atoms with van der Waals surface area (Å²) in [5.41, 5.74) is 1.29. The van der Waals surface area contributed by atoms with Gasteiger partial charge >= 0.3 is 0 Å². The fraction of sp³-hybridized carbons (Fsp3) is 0.562. The Morgan fingerprint density at radius 3 is 2.90 bits per heavy atom. The number of benzene rings is 1. The van der Waals surface area contributed by atoms with E-state index in [1.54, 1.807) is 6.07 Å². The number of aromatic nitrogens is 2. The second-order valence-corrected chi connectivity index (χ2v) is 6.21. The first-order valence-electron chi connectivity index (χ1n) is 7.63. The first-order valence-corrected chi connectivity index (χ1v) is 8.03. The van der Waals surface area contributed by atoms with Gasteiger partial charge in [0.1, 0.15) is 11.3 Å². The monoisotopic (exact) mass is 308 g/mol. The summed E-state index contributed by atoms with van der Waals surface area (Å²) in [6.07, 6.45) is 3.82. The molecule has 0 bridgehead atoms. The van der Waals surface area contributed by atoms with Gasteiger partial charge < -0.3 is 14.3 Å². The van der Waals surface area contributed by atoms with Crippen molar-refractivity contribution in [1.29, 1.82) is 0 Å². The average Bonchev–Trinajstić information content (AvgIpc) is 2.85. The minimum Gasteiger partial charge on any atom is -0.375 e. The van der Waals surface area contributed by atoms with Gasteiger partial charge in [-0.05, 0) is 50.0 Å². The smallest absolute Gasteiger partial charge is 0.178 e. The number of imidazole rings is 1. The minimum absolute atomic E-state index is 0.0748. The lowest BCUT2D eigenvalue weighted by atomic mass is 9.86. The van der Waals surface area contributed by atoms with Crippen molar-refractivity contribution < 1.29 is 9.13 Å². The zero-order valence-electron chi connectivity index (χ0n) is 12.5. The molecule has 1 fully saturated rings. The van der Waals surface area contributed by atoms with Crippen molar-refractivity contribution in [2.75, 3.05) is 6.61 Å². The fourth-order valence-corrected chi connectivity index (χ4v) is 3.79. The summed E-state index contributed by atoms with van der Waals surface area (Å²) < 4.78 is 22.6. The number of ether oxygens (including phenoxy) is 1. The van der Waals surface area contributed by atoms with Gasteiger partial charge in [-0.2, -0.15) is 0 Å². The van der Waals surface area contributed by atoms with Crippen LogP contribution in [0.2, 0.25) is 0 Å². The Kier molecular flexibility index (Phi) is 3.88. The van der Waals surface area contributed by atoms with Crippen molar-refractivity contribution in [2.24, 2.45) is 0 Å². The van der Waals surface area contributed by atoms with E-state index in [9.17, 15) is 4.39 Å². The Balaban J connectivity index is 2.06. The van der Waals surface area contributed by atoms with Gasteiger partial charge in [-0.15, -0.1) is 0 Å². The van der Waals surface area contributed by atoms with Crippen molar-refractivity contribution in [1.82, 2.24) is 9.55 Å². The summed E-state index contributed by atoms with van der Waals surface area (Å²) in [5, 5.41) is 0. The highest BCUT2D eigenvalue weighted by Gasteiger charge is 2.36. The molecule has 114 valence electrons. The Bertz CT molecular complexity index is 702. The number of H-pyrrole nitrogens is 1. The van der Waals surface area contributed by atoms with Crippen LogP contribution in [0, 0.1) is 10.6 Å². The van der Waals surface area contributed by atoms with E-state index in [1.807, 2.05) is 6.07 Å². The topological polar surface area (TPSA) is 29.9 Å². The minimum atomic E-state index is -0.248. The molecule has 1 aliphatic heterocycles. The molecule has 0 spiro atoms. The number of nitrogens with one attached hydrogen (secondary N) is 1. The molecule has 5 heteroatoms. The molecular formula is C16H21FN2OS. The Hall–Kier alpha value is -1.20.